The molecule has 4 nitrogen and oxygen atoms in total. The first-order chi connectivity index (χ1) is 12.3. The van der Waals surface area contributed by atoms with Gasteiger partial charge in [0.05, 0.1) is 0 Å². The lowest BCUT2D eigenvalue weighted by Crippen LogP contribution is -2.36. The number of benzene rings is 1. The van der Waals surface area contributed by atoms with Crippen LogP contribution in [0.15, 0.2) is 61.1 Å². The molecule has 0 spiro atoms. The quantitative estimate of drug-likeness (QED) is 0.738. The van der Waals surface area contributed by atoms with E-state index >= 15 is 0 Å². The number of carbonyl (C=O) groups excluding carboxylic acids is 1. The standard InChI is InChI=1S/C21H21N3O/c25-21(8-7-16-4-3-11-22-14-16)24-12-9-17(10-13-24)19-15-23-20-6-2-1-5-18(19)20/h1-8,11,14-15,17,23H,9-10,12-13H2/b8-7+. The lowest BCUT2D eigenvalue weighted by atomic mass is 9.89. The summed E-state index contributed by atoms with van der Waals surface area (Å²) in [4.78, 5) is 21.8. The Morgan fingerprint density at radius 1 is 1.16 bits per heavy atom. The Bertz CT molecular complexity index is 890. The molecule has 4 heteroatoms. The molecule has 0 bridgehead atoms. The minimum absolute atomic E-state index is 0.0845. The number of likely N-dealkylation sites (tertiary alicyclic amines) is 1. The highest BCUT2D eigenvalue weighted by molar-refractivity contribution is 5.91. The third kappa shape index (κ3) is 3.33. The fourth-order valence-corrected chi connectivity index (χ4v) is 3.59. The number of hydrogen-bond donors (Lipinski definition) is 1. The van der Waals surface area contributed by atoms with Crippen LogP contribution < -0.4 is 0 Å². The molecule has 1 amide bonds. The number of aromatic amines is 1. The number of hydrogen-bond acceptors (Lipinski definition) is 2. The number of amides is 1. The van der Waals surface area contributed by atoms with Crippen molar-refractivity contribution in [1.29, 1.82) is 0 Å². The Balaban J connectivity index is 1.39. The largest absolute Gasteiger partial charge is 0.361 e. The molecule has 1 aliphatic rings. The normalized spacial score (nSPS) is 15.9. The molecule has 1 N–H and O–H groups in total. The number of nitrogens with one attached hydrogen (secondary N) is 1. The summed E-state index contributed by atoms with van der Waals surface area (Å²) in [5.74, 6) is 0.601. The summed E-state index contributed by atoms with van der Waals surface area (Å²) in [6.07, 6.45) is 11.1. The van der Waals surface area contributed by atoms with Gasteiger partial charge in [-0.15, -0.1) is 0 Å². The van der Waals surface area contributed by atoms with E-state index in [-0.39, 0.29) is 5.91 Å². The summed E-state index contributed by atoms with van der Waals surface area (Å²) in [5.41, 5.74) is 3.52. The number of nitrogens with zero attached hydrogens (tertiary/aromatic N) is 2. The number of carbonyl (C=O) groups is 1. The van der Waals surface area contributed by atoms with Gasteiger partial charge in [0.15, 0.2) is 0 Å². The highest BCUT2D eigenvalue weighted by Gasteiger charge is 2.24. The molecule has 0 saturated carbocycles. The van der Waals surface area contributed by atoms with Crippen LogP contribution in [0, 0.1) is 0 Å². The van der Waals surface area contributed by atoms with Crippen molar-refractivity contribution in [3.05, 3.63) is 72.2 Å². The van der Waals surface area contributed by atoms with Crippen molar-refractivity contribution >= 4 is 22.9 Å². The van der Waals surface area contributed by atoms with Crippen molar-refractivity contribution in [3.8, 4) is 0 Å². The van der Waals surface area contributed by atoms with E-state index in [1.165, 1.54) is 16.5 Å². The zero-order valence-electron chi connectivity index (χ0n) is 14.1. The first kappa shape index (κ1) is 15.6. The van der Waals surface area contributed by atoms with Crippen LogP contribution in [0.25, 0.3) is 17.0 Å². The van der Waals surface area contributed by atoms with Gasteiger partial charge in [-0.1, -0.05) is 24.3 Å². The Hall–Kier alpha value is -2.88. The minimum Gasteiger partial charge on any atom is -0.361 e. The fraction of sp³-hybridized carbons (Fsp3) is 0.238. The molecule has 4 rings (SSSR count). The van der Waals surface area contributed by atoms with Crippen LogP contribution in [0.4, 0.5) is 0 Å². The van der Waals surface area contributed by atoms with E-state index in [1.807, 2.05) is 23.1 Å². The van der Waals surface area contributed by atoms with Crippen molar-refractivity contribution in [2.75, 3.05) is 13.1 Å². The van der Waals surface area contributed by atoms with Gasteiger partial charge in [0, 0.05) is 48.7 Å². The number of pyridine rings is 1. The van der Waals surface area contributed by atoms with Gasteiger partial charge in [0.1, 0.15) is 0 Å². The number of para-hydroxylation sites is 1. The van der Waals surface area contributed by atoms with Gasteiger partial charge in [0.2, 0.25) is 5.91 Å². The van der Waals surface area contributed by atoms with E-state index in [4.69, 9.17) is 0 Å². The van der Waals surface area contributed by atoms with Gasteiger partial charge in [-0.05, 0) is 48.1 Å². The average molecular weight is 331 g/mol. The monoisotopic (exact) mass is 331 g/mol. The van der Waals surface area contributed by atoms with Gasteiger partial charge >= 0.3 is 0 Å². The van der Waals surface area contributed by atoms with Crippen LogP contribution in [0.5, 0.6) is 0 Å². The van der Waals surface area contributed by atoms with Gasteiger partial charge in [-0.25, -0.2) is 0 Å². The van der Waals surface area contributed by atoms with Crippen molar-refractivity contribution in [3.63, 3.8) is 0 Å². The van der Waals surface area contributed by atoms with Crippen LogP contribution >= 0.6 is 0 Å². The molecular formula is C21H21N3O. The number of piperidine rings is 1. The lowest BCUT2D eigenvalue weighted by molar-refractivity contribution is -0.126. The van der Waals surface area contributed by atoms with Crippen molar-refractivity contribution in [2.24, 2.45) is 0 Å². The average Bonchev–Trinajstić information content (AvgIpc) is 3.11. The van der Waals surface area contributed by atoms with Crippen LogP contribution in [-0.2, 0) is 4.79 Å². The van der Waals surface area contributed by atoms with Gasteiger partial charge in [-0.2, -0.15) is 0 Å². The van der Waals surface area contributed by atoms with E-state index in [9.17, 15) is 4.79 Å². The van der Waals surface area contributed by atoms with Crippen LogP contribution in [-0.4, -0.2) is 33.9 Å². The highest BCUT2D eigenvalue weighted by atomic mass is 16.2. The number of H-pyrrole nitrogens is 1. The van der Waals surface area contributed by atoms with E-state index in [2.05, 4.69) is 40.4 Å². The second-order valence-corrected chi connectivity index (χ2v) is 6.51. The van der Waals surface area contributed by atoms with E-state index in [0.29, 0.717) is 5.92 Å². The summed E-state index contributed by atoms with van der Waals surface area (Å²) in [5, 5.41) is 1.31. The smallest absolute Gasteiger partial charge is 0.246 e. The third-order valence-corrected chi connectivity index (χ3v) is 4.97. The number of fused-ring (bicyclic) bond motifs is 1. The molecule has 1 saturated heterocycles. The SMILES string of the molecule is O=C(/C=C/c1cccnc1)N1CCC(c2c[nH]c3ccccc23)CC1. The molecule has 3 aromatic rings. The third-order valence-electron chi connectivity index (χ3n) is 4.97. The van der Waals surface area contributed by atoms with E-state index < -0.39 is 0 Å². The molecule has 2 aromatic heterocycles. The van der Waals surface area contributed by atoms with Gasteiger partial charge in [-0.3, -0.25) is 9.78 Å². The topological polar surface area (TPSA) is 49.0 Å². The summed E-state index contributed by atoms with van der Waals surface area (Å²) in [7, 11) is 0. The second kappa shape index (κ2) is 6.93. The Morgan fingerprint density at radius 3 is 2.80 bits per heavy atom. The Labute approximate surface area is 147 Å². The molecule has 1 aromatic carbocycles. The Kier molecular flexibility index (Phi) is 4.34. The maximum Gasteiger partial charge on any atom is 0.246 e. The highest BCUT2D eigenvalue weighted by Crippen LogP contribution is 2.33. The number of aromatic nitrogens is 2. The summed E-state index contributed by atoms with van der Waals surface area (Å²) in [6.45, 7) is 1.61. The van der Waals surface area contributed by atoms with Gasteiger partial charge < -0.3 is 9.88 Å². The molecule has 0 aliphatic carbocycles. The Morgan fingerprint density at radius 2 is 2.00 bits per heavy atom. The summed E-state index contributed by atoms with van der Waals surface area (Å²) in [6, 6.07) is 12.2. The van der Waals surface area contributed by atoms with Crippen molar-refractivity contribution in [2.45, 2.75) is 18.8 Å². The summed E-state index contributed by atoms with van der Waals surface area (Å²) < 4.78 is 0. The molecule has 0 unspecified atom stereocenters. The maximum absolute atomic E-state index is 12.4. The van der Waals surface area contributed by atoms with Crippen molar-refractivity contribution < 1.29 is 4.79 Å². The van der Waals surface area contributed by atoms with E-state index in [1.54, 1.807) is 18.5 Å². The molecule has 25 heavy (non-hydrogen) atoms. The second-order valence-electron chi connectivity index (χ2n) is 6.51. The van der Waals surface area contributed by atoms with Crippen LogP contribution in [0.1, 0.15) is 29.9 Å². The zero-order valence-corrected chi connectivity index (χ0v) is 14.1. The first-order valence-electron chi connectivity index (χ1n) is 8.74. The van der Waals surface area contributed by atoms with E-state index in [0.717, 1.165) is 31.5 Å². The molecule has 1 fully saturated rings. The molecular weight excluding hydrogens is 310 g/mol. The van der Waals surface area contributed by atoms with Gasteiger partial charge in [0.25, 0.3) is 0 Å². The predicted octanol–water partition coefficient (Wildman–Crippen LogP) is 3.98. The number of rotatable bonds is 3. The molecule has 0 atom stereocenters. The van der Waals surface area contributed by atoms with Crippen molar-refractivity contribution in [1.82, 2.24) is 14.9 Å². The fourth-order valence-electron chi connectivity index (χ4n) is 3.59. The predicted molar refractivity (Wildman–Crippen MR) is 100 cm³/mol. The first-order valence-corrected chi connectivity index (χ1v) is 8.74. The molecule has 0 radical (unpaired) electrons. The molecule has 3 heterocycles. The lowest BCUT2D eigenvalue weighted by Gasteiger charge is -2.31. The van der Waals surface area contributed by atoms with Crippen LogP contribution in [0.2, 0.25) is 0 Å². The van der Waals surface area contributed by atoms with Crippen LogP contribution in [0.3, 0.4) is 0 Å². The summed E-state index contributed by atoms with van der Waals surface area (Å²) >= 11 is 0. The maximum atomic E-state index is 12.4. The molecule has 1 aliphatic heterocycles. The minimum atomic E-state index is 0.0845. The zero-order chi connectivity index (χ0) is 17.1. The molecule has 126 valence electrons.